The summed E-state index contributed by atoms with van der Waals surface area (Å²) in [5, 5.41) is 2.88. The van der Waals surface area contributed by atoms with Crippen molar-refractivity contribution in [3.05, 3.63) is 60.2 Å². The standard InChI is InChI=1S/C23H25N3O3/c27-21-15-18(16-26(21)20-7-3-1-4-8-20)22(28)24-19-11-9-17(10-12-19)23(29)25-13-5-2-6-14-25/h1,3-4,7-12,18H,2,5-6,13-16H2,(H,24,28)/t18-/m0/s1. The predicted molar refractivity (Wildman–Crippen MR) is 112 cm³/mol. The lowest BCUT2D eigenvalue weighted by atomic mass is 10.1. The van der Waals surface area contributed by atoms with Gasteiger partial charge in [0.05, 0.1) is 5.92 Å². The number of rotatable bonds is 4. The minimum atomic E-state index is -0.391. The Morgan fingerprint density at radius 3 is 2.28 bits per heavy atom. The Morgan fingerprint density at radius 1 is 0.897 bits per heavy atom. The van der Waals surface area contributed by atoms with Gasteiger partial charge in [0.25, 0.3) is 5.91 Å². The highest BCUT2D eigenvalue weighted by Crippen LogP contribution is 2.26. The molecule has 2 heterocycles. The third-order valence-corrected chi connectivity index (χ3v) is 5.61. The van der Waals surface area contributed by atoms with Crippen LogP contribution in [0, 0.1) is 5.92 Å². The van der Waals surface area contributed by atoms with Crippen LogP contribution in [-0.2, 0) is 9.59 Å². The van der Waals surface area contributed by atoms with Crippen LogP contribution in [0.25, 0.3) is 0 Å². The molecule has 1 atom stereocenters. The molecule has 0 unspecified atom stereocenters. The number of carbonyl (C=O) groups is 3. The van der Waals surface area contributed by atoms with E-state index in [2.05, 4.69) is 5.32 Å². The molecule has 2 aromatic rings. The molecule has 6 heteroatoms. The Bertz CT molecular complexity index is 889. The molecule has 6 nitrogen and oxygen atoms in total. The second-order valence-electron chi connectivity index (χ2n) is 7.66. The largest absolute Gasteiger partial charge is 0.339 e. The summed E-state index contributed by atoms with van der Waals surface area (Å²) in [6, 6.07) is 16.4. The summed E-state index contributed by atoms with van der Waals surface area (Å²) in [5.41, 5.74) is 2.08. The first-order chi connectivity index (χ1) is 14.1. The molecule has 0 aliphatic carbocycles. The Morgan fingerprint density at radius 2 is 1.59 bits per heavy atom. The van der Waals surface area contributed by atoms with Gasteiger partial charge in [0.2, 0.25) is 11.8 Å². The molecule has 2 saturated heterocycles. The van der Waals surface area contributed by atoms with Crippen LogP contribution >= 0.6 is 0 Å². The maximum absolute atomic E-state index is 12.6. The quantitative estimate of drug-likeness (QED) is 0.869. The summed E-state index contributed by atoms with van der Waals surface area (Å²) in [6.45, 7) is 2.00. The van der Waals surface area contributed by atoms with E-state index in [-0.39, 0.29) is 24.1 Å². The van der Waals surface area contributed by atoms with Crippen molar-refractivity contribution in [3.63, 3.8) is 0 Å². The van der Waals surface area contributed by atoms with E-state index in [4.69, 9.17) is 0 Å². The van der Waals surface area contributed by atoms with Gasteiger partial charge < -0.3 is 15.1 Å². The first-order valence-electron chi connectivity index (χ1n) is 10.2. The highest BCUT2D eigenvalue weighted by molar-refractivity contribution is 6.03. The number of hydrogen-bond acceptors (Lipinski definition) is 3. The average molecular weight is 391 g/mol. The number of anilines is 2. The van der Waals surface area contributed by atoms with E-state index in [9.17, 15) is 14.4 Å². The minimum Gasteiger partial charge on any atom is -0.339 e. The Kier molecular flexibility index (Phi) is 5.60. The third kappa shape index (κ3) is 4.31. The molecular weight excluding hydrogens is 366 g/mol. The molecule has 2 aromatic carbocycles. The van der Waals surface area contributed by atoms with Crippen molar-refractivity contribution in [3.8, 4) is 0 Å². The first kappa shape index (κ1) is 19.2. The summed E-state index contributed by atoms with van der Waals surface area (Å²) >= 11 is 0. The summed E-state index contributed by atoms with van der Waals surface area (Å²) in [5.74, 6) is -0.564. The molecule has 2 aliphatic rings. The topological polar surface area (TPSA) is 69.7 Å². The van der Waals surface area contributed by atoms with E-state index < -0.39 is 5.92 Å². The molecule has 4 rings (SSSR count). The van der Waals surface area contributed by atoms with Crippen LogP contribution in [0.2, 0.25) is 0 Å². The maximum atomic E-state index is 12.6. The van der Waals surface area contributed by atoms with E-state index in [1.165, 1.54) is 6.42 Å². The highest BCUT2D eigenvalue weighted by atomic mass is 16.2. The van der Waals surface area contributed by atoms with Gasteiger partial charge in [-0.25, -0.2) is 0 Å². The van der Waals surface area contributed by atoms with Gasteiger partial charge in [0.1, 0.15) is 0 Å². The molecule has 2 fully saturated rings. The predicted octanol–water partition coefficient (Wildman–Crippen LogP) is 3.30. The fraction of sp³-hybridized carbons (Fsp3) is 0.348. The molecule has 0 spiro atoms. The molecule has 0 bridgehead atoms. The number of nitrogens with one attached hydrogen (secondary N) is 1. The van der Waals surface area contributed by atoms with E-state index in [1.54, 1.807) is 29.2 Å². The number of amides is 3. The summed E-state index contributed by atoms with van der Waals surface area (Å²) < 4.78 is 0. The van der Waals surface area contributed by atoms with Crippen molar-refractivity contribution < 1.29 is 14.4 Å². The van der Waals surface area contributed by atoms with Gasteiger partial charge in [-0.2, -0.15) is 0 Å². The number of hydrogen-bond donors (Lipinski definition) is 1. The van der Waals surface area contributed by atoms with Crippen molar-refractivity contribution in [2.24, 2.45) is 5.92 Å². The van der Waals surface area contributed by atoms with Gasteiger partial charge >= 0.3 is 0 Å². The Labute approximate surface area is 170 Å². The van der Waals surface area contributed by atoms with Gasteiger partial charge in [-0.05, 0) is 55.7 Å². The van der Waals surface area contributed by atoms with Crippen molar-refractivity contribution >= 4 is 29.1 Å². The van der Waals surface area contributed by atoms with E-state index in [0.717, 1.165) is 31.6 Å². The first-order valence-corrected chi connectivity index (χ1v) is 10.2. The van der Waals surface area contributed by atoms with Gasteiger partial charge in [-0.15, -0.1) is 0 Å². The van der Waals surface area contributed by atoms with Crippen LogP contribution in [0.15, 0.2) is 54.6 Å². The third-order valence-electron chi connectivity index (χ3n) is 5.61. The fourth-order valence-electron chi connectivity index (χ4n) is 3.96. The van der Waals surface area contributed by atoms with Crippen molar-refractivity contribution in [1.82, 2.24) is 4.90 Å². The molecule has 3 amide bonds. The van der Waals surface area contributed by atoms with Crippen LogP contribution in [0.5, 0.6) is 0 Å². The normalized spacial score (nSPS) is 19.3. The van der Waals surface area contributed by atoms with E-state index >= 15 is 0 Å². The van der Waals surface area contributed by atoms with Crippen molar-refractivity contribution in [2.75, 3.05) is 29.9 Å². The van der Waals surface area contributed by atoms with Crippen molar-refractivity contribution in [1.29, 1.82) is 0 Å². The monoisotopic (exact) mass is 391 g/mol. The number of nitrogens with zero attached hydrogens (tertiary/aromatic N) is 2. The van der Waals surface area contributed by atoms with Gasteiger partial charge in [-0.3, -0.25) is 14.4 Å². The Hall–Kier alpha value is -3.15. The lowest BCUT2D eigenvalue weighted by Gasteiger charge is -2.26. The maximum Gasteiger partial charge on any atom is 0.253 e. The summed E-state index contributed by atoms with van der Waals surface area (Å²) in [4.78, 5) is 41.0. The zero-order valence-corrected chi connectivity index (χ0v) is 16.3. The number of piperidine rings is 1. The SMILES string of the molecule is O=C(Nc1ccc(C(=O)N2CCCCC2)cc1)[C@H]1CC(=O)N(c2ccccc2)C1. The fourth-order valence-corrected chi connectivity index (χ4v) is 3.96. The van der Waals surface area contributed by atoms with Crippen LogP contribution in [-0.4, -0.2) is 42.3 Å². The Balaban J connectivity index is 1.36. The molecule has 0 aromatic heterocycles. The molecule has 150 valence electrons. The molecular formula is C23H25N3O3. The number of carbonyl (C=O) groups excluding carboxylic acids is 3. The van der Waals surface area contributed by atoms with Crippen LogP contribution < -0.4 is 10.2 Å². The van der Waals surface area contributed by atoms with Gasteiger partial charge in [-0.1, -0.05) is 18.2 Å². The summed E-state index contributed by atoms with van der Waals surface area (Å²) in [6.07, 6.45) is 3.49. The van der Waals surface area contributed by atoms with Gasteiger partial charge in [0, 0.05) is 43.0 Å². The molecule has 0 radical (unpaired) electrons. The highest BCUT2D eigenvalue weighted by Gasteiger charge is 2.35. The number of likely N-dealkylation sites (tertiary alicyclic amines) is 1. The zero-order valence-electron chi connectivity index (χ0n) is 16.3. The average Bonchev–Trinajstić information content (AvgIpc) is 3.17. The van der Waals surface area contributed by atoms with E-state index in [0.29, 0.717) is 17.8 Å². The molecule has 0 saturated carbocycles. The lowest BCUT2D eigenvalue weighted by molar-refractivity contribution is -0.122. The zero-order chi connectivity index (χ0) is 20.2. The smallest absolute Gasteiger partial charge is 0.253 e. The van der Waals surface area contributed by atoms with Crippen LogP contribution in [0.3, 0.4) is 0 Å². The minimum absolute atomic E-state index is 0.0428. The lowest BCUT2D eigenvalue weighted by Crippen LogP contribution is -2.35. The number of benzene rings is 2. The van der Waals surface area contributed by atoms with E-state index in [1.807, 2.05) is 35.2 Å². The summed E-state index contributed by atoms with van der Waals surface area (Å²) in [7, 11) is 0. The van der Waals surface area contributed by atoms with Gasteiger partial charge in [0.15, 0.2) is 0 Å². The molecule has 2 aliphatic heterocycles. The van der Waals surface area contributed by atoms with Crippen LogP contribution in [0.1, 0.15) is 36.0 Å². The van der Waals surface area contributed by atoms with Crippen molar-refractivity contribution in [2.45, 2.75) is 25.7 Å². The molecule has 29 heavy (non-hydrogen) atoms. The molecule has 1 N–H and O–H groups in total. The second-order valence-corrected chi connectivity index (χ2v) is 7.66. The second kappa shape index (κ2) is 8.47. The number of para-hydroxylation sites is 1. The van der Waals surface area contributed by atoms with Crippen LogP contribution in [0.4, 0.5) is 11.4 Å².